The van der Waals surface area contributed by atoms with Crippen molar-refractivity contribution in [3.05, 3.63) is 149 Å². The van der Waals surface area contributed by atoms with Gasteiger partial charge in [-0.3, -0.25) is 0 Å². The Morgan fingerprint density at radius 2 is 0.689 bits per heavy atom. The van der Waals surface area contributed by atoms with Crippen LogP contribution in [0.1, 0.15) is 27.8 Å². The van der Waals surface area contributed by atoms with Crippen molar-refractivity contribution in [2.45, 2.75) is 0 Å². The van der Waals surface area contributed by atoms with Gasteiger partial charge in [-0.25, -0.2) is 0 Å². The van der Waals surface area contributed by atoms with Gasteiger partial charge in [0.15, 0.2) is 0 Å². The first kappa shape index (κ1) is 28.0. The van der Waals surface area contributed by atoms with E-state index in [2.05, 4.69) is 41.3 Å². The Kier molecular flexibility index (Phi) is 7.45. The third-order valence-electron chi connectivity index (χ3n) is 7.51. The van der Waals surface area contributed by atoms with Gasteiger partial charge in [0.05, 0.1) is 58.2 Å². The molecule has 6 nitrogen and oxygen atoms in total. The summed E-state index contributed by atoms with van der Waals surface area (Å²) in [5.74, 6) is 0. The third kappa shape index (κ3) is 5.66. The lowest BCUT2D eigenvalue weighted by molar-refractivity contribution is 1.29. The Balaban J connectivity index is 1.45. The molecule has 0 aliphatic rings. The molecule has 45 heavy (non-hydrogen) atoms. The molecule has 0 aliphatic carbocycles. The molecule has 6 aromatic carbocycles. The number of anilines is 3. The van der Waals surface area contributed by atoms with Gasteiger partial charge in [-0.1, -0.05) is 36.4 Å². The first-order valence-electron chi connectivity index (χ1n) is 13.9. The number of hydrogen-bond donors (Lipinski definition) is 0. The topological polar surface area (TPSA) is 122 Å². The van der Waals surface area contributed by atoms with E-state index in [1.54, 1.807) is 42.5 Å². The molecule has 0 N–H and O–H groups in total. The highest BCUT2D eigenvalue weighted by Crippen LogP contribution is 2.38. The van der Waals surface area contributed by atoms with Gasteiger partial charge in [-0.05, 0) is 118 Å². The second kappa shape index (κ2) is 12.0. The fourth-order valence-electron chi connectivity index (χ4n) is 5.34. The van der Waals surface area contributed by atoms with E-state index < -0.39 is 0 Å². The van der Waals surface area contributed by atoms with Crippen LogP contribution < -0.4 is 4.90 Å². The predicted octanol–water partition coefficient (Wildman–Crippen LogP) is 9.00. The van der Waals surface area contributed by atoms with Crippen LogP contribution in [0.15, 0.2) is 121 Å². The van der Waals surface area contributed by atoms with Crippen molar-refractivity contribution in [3.63, 3.8) is 0 Å². The second-order valence-corrected chi connectivity index (χ2v) is 10.3. The van der Waals surface area contributed by atoms with Crippen LogP contribution in [0.3, 0.4) is 0 Å². The zero-order chi connectivity index (χ0) is 31.3. The van der Waals surface area contributed by atoms with Crippen LogP contribution in [0.25, 0.3) is 33.0 Å². The molecule has 0 fully saturated rings. The summed E-state index contributed by atoms with van der Waals surface area (Å²) in [6, 6.07) is 48.4. The fourth-order valence-corrected chi connectivity index (χ4v) is 5.34. The quantitative estimate of drug-likeness (QED) is 0.203. The van der Waals surface area contributed by atoms with Crippen molar-refractivity contribution in [3.8, 4) is 52.6 Å². The zero-order valence-electron chi connectivity index (χ0n) is 23.7. The number of benzene rings is 6. The fraction of sp³-hybridized carbons (Fsp3) is 0. The normalized spacial score (nSPS) is 10.1. The van der Waals surface area contributed by atoms with Gasteiger partial charge in [0.2, 0.25) is 0 Å². The third-order valence-corrected chi connectivity index (χ3v) is 7.51. The van der Waals surface area contributed by atoms with Crippen LogP contribution in [0.5, 0.6) is 0 Å². The van der Waals surface area contributed by atoms with E-state index >= 15 is 0 Å². The average molecular weight is 573 g/mol. The van der Waals surface area contributed by atoms with Crippen LogP contribution in [-0.2, 0) is 0 Å². The minimum Gasteiger partial charge on any atom is -0.310 e. The maximum atomic E-state index is 9.44. The van der Waals surface area contributed by atoms with Crippen LogP contribution in [0.4, 0.5) is 17.1 Å². The average Bonchev–Trinajstić information content (AvgIpc) is 3.11. The predicted molar refractivity (Wildman–Crippen MR) is 173 cm³/mol. The van der Waals surface area contributed by atoms with E-state index in [1.807, 2.05) is 72.8 Å². The minimum absolute atomic E-state index is 0.424. The molecule has 0 aliphatic heterocycles. The minimum atomic E-state index is 0.424. The monoisotopic (exact) mass is 572 g/mol. The van der Waals surface area contributed by atoms with E-state index in [4.69, 9.17) is 0 Å². The summed E-state index contributed by atoms with van der Waals surface area (Å²) in [6.45, 7) is 0. The SMILES string of the molecule is N#Cc1cc(C#N)cc(-c2ccc(N(c3ccc(-c4cc(C#N)cc(C#N)c4)cc3)c3ccc4cc(C#N)ccc4c3)cc2)c1. The molecule has 0 aromatic heterocycles. The van der Waals surface area contributed by atoms with Gasteiger partial charge in [-0.15, -0.1) is 0 Å². The lowest BCUT2D eigenvalue weighted by Crippen LogP contribution is -2.09. The molecule has 0 spiro atoms. The van der Waals surface area contributed by atoms with Crippen molar-refractivity contribution in [1.82, 2.24) is 0 Å². The smallest absolute Gasteiger partial charge is 0.0992 e. The molecule has 0 bridgehead atoms. The number of nitrogens with zero attached hydrogens (tertiary/aromatic N) is 6. The zero-order valence-corrected chi connectivity index (χ0v) is 23.7. The Morgan fingerprint density at radius 1 is 0.311 bits per heavy atom. The van der Waals surface area contributed by atoms with E-state index in [-0.39, 0.29) is 0 Å². The summed E-state index contributed by atoms with van der Waals surface area (Å²) < 4.78 is 0. The molecule has 0 amide bonds. The van der Waals surface area contributed by atoms with Crippen LogP contribution >= 0.6 is 0 Å². The lowest BCUT2D eigenvalue weighted by Gasteiger charge is -2.26. The summed E-state index contributed by atoms with van der Waals surface area (Å²) >= 11 is 0. The van der Waals surface area contributed by atoms with E-state index in [9.17, 15) is 26.3 Å². The lowest BCUT2D eigenvalue weighted by atomic mass is 9.99. The standard InChI is InChI=1S/C39H20N6/c40-21-26-1-2-34-20-39(12-7-33(34)15-26)45(37-8-3-31(4-9-37)35-16-27(22-41)13-28(17-35)23-42)38-10-5-32(6-11-38)36-18-29(24-43)14-30(19-36)25-44/h1-20H. The Labute approximate surface area is 260 Å². The van der Waals surface area contributed by atoms with Gasteiger partial charge < -0.3 is 4.90 Å². The molecule has 0 atom stereocenters. The maximum absolute atomic E-state index is 9.44. The first-order valence-corrected chi connectivity index (χ1v) is 13.9. The summed E-state index contributed by atoms with van der Waals surface area (Å²) in [5, 5.41) is 49.0. The summed E-state index contributed by atoms with van der Waals surface area (Å²) in [6.07, 6.45) is 0. The first-order chi connectivity index (χ1) is 22.0. The van der Waals surface area contributed by atoms with Crippen molar-refractivity contribution >= 4 is 27.8 Å². The highest BCUT2D eigenvalue weighted by atomic mass is 15.1. The molecule has 0 unspecified atom stereocenters. The van der Waals surface area contributed by atoms with Crippen LogP contribution in [0.2, 0.25) is 0 Å². The molecule has 0 radical (unpaired) electrons. The molecule has 0 saturated carbocycles. The molecule has 6 heteroatoms. The molecule has 0 heterocycles. The van der Waals surface area contributed by atoms with Gasteiger partial charge >= 0.3 is 0 Å². The second-order valence-electron chi connectivity index (χ2n) is 10.3. The molecule has 206 valence electrons. The van der Waals surface area contributed by atoms with Crippen LogP contribution in [0, 0.1) is 56.7 Å². The number of hydrogen-bond acceptors (Lipinski definition) is 6. The molecule has 0 saturated heterocycles. The number of nitriles is 5. The van der Waals surface area contributed by atoms with Crippen molar-refractivity contribution in [1.29, 1.82) is 26.3 Å². The molecular formula is C39H20N6. The van der Waals surface area contributed by atoms with Gasteiger partial charge in [0.25, 0.3) is 0 Å². The van der Waals surface area contributed by atoms with Crippen molar-refractivity contribution < 1.29 is 0 Å². The van der Waals surface area contributed by atoms with Crippen molar-refractivity contribution in [2.24, 2.45) is 0 Å². The van der Waals surface area contributed by atoms with E-state index in [0.717, 1.165) is 50.1 Å². The Morgan fingerprint density at radius 3 is 1.11 bits per heavy atom. The molecule has 6 rings (SSSR count). The van der Waals surface area contributed by atoms with E-state index in [0.29, 0.717) is 27.8 Å². The summed E-state index contributed by atoms with van der Waals surface area (Å²) in [7, 11) is 0. The number of fused-ring (bicyclic) bond motifs is 1. The molecule has 6 aromatic rings. The maximum Gasteiger partial charge on any atom is 0.0992 e. The molecular weight excluding hydrogens is 552 g/mol. The number of rotatable bonds is 5. The highest BCUT2D eigenvalue weighted by molar-refractivity contribution is 5.90. The van der Waals surface area contributed by atoms with Gasteiger partial charge in [0, 0.05) is 17.1 Å². The van der Waals surface area contributed by atoms with E-state index in [1.165, 1.54) is 0 Å². The largest absolute Gasteiger partial charge is 0.310 e. The van der Waals surface area contributed by atoms with Gasteiger partial charge in [0.1, 0.15) is 0 Å². The van der Waals surface area contributed by atoms with Crippen LogP contribution in [-0.4, -0.2) is 0 Å². The highest BCUT2D eigenvalue weighted by Gasteiger charge is 2.15. The Bertz CT molecular complexity index is 2130. The van der Waals surface area contributed by atoms with Crippen molar-refractivity contribution in [2.75, 3.05) is 4.90 Å². The summed E-state index contributed by atoms with van der Waals surface area (Å²) in [4.78, 5) is 2.12. The van der Waals surface area contributed by atoms with Gasteiger partial charge in [-0.2, -0.15) is 26.3 Å². The Hall–Kier alpha value is -7.17. The summed E-state index contributed by atoms with van der Waals surface area (Å²) in [5.41, 5.74) is 8.27.